The molecule has 2 aromatic rings. The second kappa shape index (κ2) is 6.93. The molecule has 1 amide bonds. The molecule has 2 aromatic carbocycles. The summed E-state index contributed by atoms with van der Waals surface area (Å²) in [6, 6.07) is 7.11. The van der Waals surface area contributed by atoms with Crippen LogP contribution in [0.2, 0.25) is 0 Å². The number of anilines is 1. The summed E-state index contributed by atoms with van der Waals surface area (Å²) in [4.78, 5) is 13.4. The Morgan fingerprint density at radius 1 is 1.00 bits per heavy atom. The first-order valence-corrected chi connectivity index (χ1v) is 9.33. The summed E-state index contributed by atoms with van der Waals surface area (Å²) in [6.07, 6.45) is -4.40. The average molecular weight is 402 g/mol. The number of benzene rings is 2. The maximum atomic E-state index is 13.0. The molecule has 10 heteroatoms. The molecule has 1 atom stereocenters. The fourth-order valence-electron chi connectivity index (χ4n) is 2.75. The lowest BCUT2D eigenvalue weighted by molar-refractivity contribution is -0.137. The predicted octanol–water partition coefficient (Wildman–Crippen LogP) is 2.93. The molecule has 1 N–H and O–H groups in total. The van der Waals surface area contributed by atoms with Gasteiger partial charge in [-0.2, -0.15) is 17.9 Å². The second-order valence-corrected chi connectivity index (χ2v) is 7.66. The maximum Gasteiger partial charge on any atom is 0.416 e. The lowest BCUT2D eigenvalue weighted by Crippen LogP contribution is -2.41. The monoisotopic (exact) mass is 402 g/mol. The Bertz CT molecular complexity index is 942. The van der Waals surface area contributed by atoms with Gasteiger partial charge >= 0.3 is 6.18 Å². The quantitative estimate of drug-likeness (QED) is 0.800. The van der Waals surface area contributed by atoms with Gasteiger partial charge in [-0.25, -0.2) is 12.8 Å². The summed E-state index contributed by atoms with van der Waals surface area (Å²) in [6.45, 7) is 0.227. The molecule has 1 aliphatic rings. The van der Waals surface area contributed by atoms with Crippen LogP contribution in [0.4, 0.5) is 23.2 Å². The van der Waals surface area contributed by atoms with Gasteiger partial charge in [-0.1, -0.05) is 0 Å². The van der Waals surface area contributed by atoms with E-state index in [9.17, 15) is 30.8 Å². The number of halogens is 4. The number of sulfonamides is 1. The molecule has 144 valence electrons. The predicted molar refractivity (Wildman–Crippen MR) is 88.9 cm³/mol. The fourth-order valence-corrected chi connectivity index (χ4v) is 3.97. The molecular weight excluding hydrogens is 388 g/mol. The molecule has 0 aromatic heterocycles. The Morgan fingerprint density at radius 2 is 1.59 bits per heavy atom. The summed E-state index contributed by atoms with van der Waals surface area (Å²) in [5, 5.41) is 0. The Balaban J connectivity index is 1.74. The molecule has 1 fully saturated rings. The normalized spacial score (nSPS) is 18.1. The molecular formula is C17H14F4N2O3S. The molecule has 0 aliphatic carbocycles. The van der Waals surface area contributed by atoms with E-state index >= 15 is 0 Å². The second-order valence-electron chi connectivity index (χ2n) is 5.95. The minimum atomic E-state index is -4.58. The molecule has 1 unspecified atom stereocenters. The highest BCUT2D eigenvalue weighted by molar-refractivity contribution is 7.89. The number of hydrogen-bond acceptors (Lipinski definition) is 3. The lowest BCUT2D eigenvalue weighted by Gasteiger charge is -2.17. The van der Waals surface area contributed by atoms with Crippen molar-refractivity contribution < 1.29 is 30.8 Å². The maximum absolute atomic E-state index is 13.0. The molecule has 1 heterocycles. The molecule has 0 bridgehead atoms. The molecule has 0 saturated carbocycles. The topological polar surface area (TPSA) is 66.5 Å². The van der Waals surface area contributed by atoms with Crippen LogP contribution in [-0.2, 0) is 21.0 Å². The van der Waals surface area contributed by atoms with Gasteiger partial charge in [-0.3, -0.25) is 4.79 Å². The number of carbonyl (C=O) groups excluding carboxylic acids is 1. The summed E-state index contributed by atoms with van der Waals surface area (Å²) >= 11 is 0. The van der Waals surface area contributed by atoms with Gasteiger partial charge in [0.25, 0.3) is 0 Å². The van der Waals surface area contributed by atoms with Crippen LogP contribution in [0.3, 0.4) is 0 Å². The van der Waals surface area contributed by atoms with E-state index in [0.717, 1.165) is 12.1 Å². The molecule has 0 radical (unpaired) electrons. The first-order chi connectivity index (χ1) is 12.6. The molecule has 5 nitrogen and oxygen atoms in total. The van der Waals surface area contributed by atoms with Crippen LogP contribution < -0.4 is 9.62 Å². The van der Waals surface area contributed by atoms with E-state index in [0.29, 0.717) is 17.8 Å². The Kier molecular flexibility index (Phi) is 4.96. The van der Waals surface area contributed by atoms with Crippen molar-refractivity contribution in [3.05, 3.63) is 59.9 Å². The zero-order valence-electron chi connectivity index (χ0n) is 13.7. The van der Waals surface area contributed by atoms with Crippen LogP contribution in [0.1, 0.15) is 12.0 Å². The summed E-state index contributed by atoms with van der Waals surface area (Å²) in [5.41, 5.74) is -0.543. The first-order valence-electron chi connectivity index (χ1n) is 7.84. The van der Waals surface area contributed by atoms with Crippen molar-refractivity contribution in [2.24, 2.45) is 0 Å². The minimum Gasteiger partial charge on any atom is -0.311 e. The van der Waals surface area contributed by atoms with Crippen molar-refractivity contribution in [1.29, 1.82) is 0 Å². The van der Waals surface area contributed by atoms with E-state index in [-0.39, 0.29) is 17.9 Å². The van der Waals surface area contributed by atoms with E-state index in [4.69, 9.17) is 0 Å². The number of nitrogens with zero attached hydrogens (tertiary/aromatic N) is 1. The first kappa shape index (κ1) is 19.3. The highest BCUT2D eigenvalue weighted by Gasteiger charge is 2.36. The summed E-state index contributed by atoms with van der Waals surface area (Å²) in [5.74, 6) is -0.984. The van der Waals surface area contributed by atoms with Crippen LogP contribution in [0, 0.1) is 5.82 Å². The third-order valence-corrected chi connectivity index (χ3v) is 5.62. The Hall–Kier alpha value is -2.46. The highest BCUT2D eigenvalue weighted by Crippen LogP contribution is 2.30. The molecule has 1 saturated heterocycles. The average Bonchev–Trinajstić information content (AvgIpc) is 2.95. The Morgan fingerprint density at radius 3 is 2.15 bits per heavy atom. The smallest absolute Gasteiger partial charge is 0.311 e. The van der Waals surface area contributed by atoms with Gasteiger partial charge in [-0.05, 0) is 55.0 Å². The van der Waals surface area contributed by atoms with Crippen molar-refractivity contribution in [1.82, 2.24) is 4.72 Å². The summed E-state index contributed by atoms with van der Waals surface area (Å²) < 4.78 is 77.7. The molecule has 1 aliphatic heterocycles. The lowest BCUT2D eigenvalue weighted by atomic mass is 10.2. The number of amides is 1. The van der Waals surface area contributed by atoms with E-state index in [1.165, 1.54) is 29.2 Å². The molecule has 0 spiro atoms. The number of rotatable bonds is 4. The SMILES string of the molecule is O=C1C(NS(=O)(=O)c2ccc(C(F)(F)F)cc2)CCN1c1ccc(F)cc1. The van der Waals surface area contributed by atoms with Crippen LogP contribution in [0.25, 0.3) is 0 Å². The van der Waals surface area contributed by atoms with Crippen LogP contribution in [0.15, 0.2) is 53.4 Å². The third kappa shape index (κ3) is 4.11. The standard InChI is InChI=1S/C17H14F4N2O3S/c18-12-3-5-13(6-4-12)23-10-9-15(16(23)24)22-27(25,26)14-7-1-11(2-8-14)17(19,20)21/h1-8,15,22H,9-10H2. The van der Waals surface area contributed by atoms with E-state index in [1.807, 2.05) is 0 Å². The van der Waals surface area contributed by atoms with Gasteiger partial charge in [0, 0.05) is 12.2 Å². The highest BCUT2D eigenvalue weighted by atomic mass is 32.2. The minimum absolute atomic E-state index is 0.177. The summed E-state index contributed by atoms with van der Waals surface area (Å²) in [7, 11) is -4.18. The van der Waals surface area contributed by atoms with Gasteiger partial charge < -0.3 is 4.90 Å². The van der Waals surface area contributed by atoms with Crippen molar-refractivity contribution in [3.8, 4) is 0 Å². The van der Waals surface area contributed by atoms with Gasteiger partial charge in [0.05, 0.1) is 10.5 Å². The van der Waals surface area contributed by atoms with Crippen molar-refractivity contribution >= 4 is 21.6 Å². The number of carbonyl (C=O) groups is 1. The van der Waals surface area contributed by atoms with E-state index < -0.39 is 39.5 Å². The van der Waals surface area contributed by atoms with Crippen molar-refractivity contribution in [2.75, 3.05) is 11.4 Å². The molecule has 3 rings (SSSR count). The molecule has 27 heavy (non-hydrogen) atoms. The zero-order valence-corrected chi connectivity index (χ0v) is 14.5. The van der Waals surface area contributed by atoms with E-state index in [1.54, 1.807) is 0 Å². The van der Waals surface area contributed by atoms with Crippen molar-refractivity contribution in [2.45, 2.75) is 23.5 Å². The van der Waals surface area contributed by atoms with Crippen LogP contribution in [0.5, 0.6) is 0 Å². The fraction of sp³-hybridized carbons (Fsp3) is 0.235. The van der Waals surface area contributed by atoms with E-state index in [2.05, 4.69) is 4.72 Å². The van der Waals surface area contributed by atoms with Crippen molar-refractivity contribution in [3.63, 3.8) is 0 Å². The number of nitrogens with one attached hydrogen (secondary N) is 1. The van der Waals surface area contributed by atoms with Crippen LogP contribution in [-0.4, -0.2) is 26.9 Å². The number of hydrogen-bond donors (Lipinski definition) is 1. The zero-order chi connectivity index (χ0) is 19.8. The van der Waals surface area contributed by atoms with Gasteiger partial charge in [0.15, 0.2) is 0 Å². The third-order valence-electron chi connectivity index (χ3n) is 4.13. The van der Waals surface area contributed by atoms with Crippen LogP contribution >= 0.6 is 0 Å². The van der Waals surface area contributed by atoms with Gasteiger partial charge in [-0.15, -0.1) is 0 Å². The number of alkyl halides is 3. The van der Waals surface area contributed by atoms with Gasteiger partial charge in [0.2, 0.25) is 15.9 Å². The largest absolute Gasteiger partial charge is 0.416 e. The van der Waals surface area contributed by atoms with Gasteiger partial charge in [0.1, 0.15) is 11.9 Å². The Labute approximate surface area is 152 Å².